The van der Waals surface area contributed by atoms with Crippen LogP contribution in [0.2, 0.25) is 0 Å². The lowest BCUT2D eigenvalue weighted by atomic mass is 10.3. The SMILES string of the molecule is CCCc1nc(CO[C@H](C)C(=O)O)cs1. The molecule has 0 aliphatic rings. The Hall–Kier alpha value is -0.940. The molecular formula is C10H15NO3S. The third kappa shape index (κ3) is 3.97. The zero-order valence-electron chi connectivity index (χ0n) is 8.90. The van der Waals surface area contributed by atoms with E-state index >= 15 is 0 Å². The molecule has 0 radical (unpaired) electrons. The number of hydrogen-bond donors (Lipinski definition) is 1. The van der Waals surface area contributed by atoms with Crippen LogP contribution in [0.5, 0.6) is 0 Å². The first kappa shape index (κ1) is 12.1. The van der Waals surface area contributed by atoms with Crippen LogP contribution in [0.15, 0.2) is 5.38 Å². The molecule has 15 heavy (non-hydrogen) atoms. The predicted octanol–water partition coefficient (Wildman–Crippen LogP) is 2.09. The number of carboxylic acids is 1. The summed E-state index contributed by atoms with van der Waals surface area (Å²) in [6.07, 6.45) is 1.26. The van der Waals surface area contributed by atoms with E-state index in [1.165, 1.54) is 6.92 Å². The van der Waals surface area contributed by atoms with Crippen molar-refractivity contribution in [2.75, 3.05) is 0 Å². The summed E-state index contributed by atoms with van der Waals surface area (Å²) in [5.41, 5.74) is 0.816. The summed E-state index contributed by atoms with van der Waals surface area (Å²) < 4.78 is 5.13. The smallest absolute Gasteiger partial charge is 0.332 e. The average Bonchev–Trinajstić information content (AvgIpc) is 2.62. The van der Waals surface area contributed by atoms with Crippen molar-refractivity contribution in [1.29, 1.82) is 0 Å². The van der Waals surface area contributed by atoms with E-state index in [9.17, 15) is 4.79 Å². The molecule has 1 heterocycles. The van der Waals surface area contributed by atoms with Gasteiger partial charge in [0, 0.05) is 5.38 Å². The highest BCUT2D eigenvalue weighted by Crippen LogP contribution is 2.13. The van der Waals surface area contributed by atoms with Crippen molar-refractivity contribution >= 4 is 17.3 Å². The van der Waals surface area contributed by atoms with Gasteiger partial charge in [-0.2, -0.15) is 0 Å². The molecule has 84 valence electrons. The van der Waals surface area contributed by atoms with Gasteiger partial charge in [0.15, 0.2) is 6.10 Å². The summed E-state index contributed by atoms with van der Waals surface area (Å²) in [5, 5.41) is 11.6. The number of aliphatic carboxylic acids is 1. The Kier molecular flexibility index (Phi) is 4.71. The topological polar surface area (TPSA) is 59.4 Å². The number of ether oxygens (including phenoxy) is 1. The van der Waals surface area contributed by atoms with Crippen LogP contribution in [0.1, 0.15) is 31.0 Å². The number of carboxylic acid groups (broad SMARTS) is 1. The van der Waals surface area contributed by atoms with Crippen molar-refractivity contribution in [3.8, 4) is 0 Å². The van der Waals surface area contributed by atoms with E-state index in [4.69, 9.17) is 9.84 Å². The maximum atomic E-state index is 10.5. The van der Waals surface area contributed by atoms with E-state index in [0.29, 0.717) is 0 Å². The van der Waals surface area contributed by atoms with Gasteiger partial charge >= 0.3 is 5.97 Å². The second-order valence-electron chi connectivity index (χ2n) is 3.27. The molecule has 0 fully saturated rings. The van der Waals surface area contributed by atoms with E-state index in [-0.39, 0.29) is 6.61 Å². The van der Waals surface area contributed by atoms with Gasteiger partial charge in [0.1, 0.15) is 0 Å². The molecule has 1 rings (SSSR count). The number of aryl methyl sites for hydroxylation is 1. The van der Waals surface area contributed by atoms with Gasteiger partial charge in [0.05, 0.1) is 17.3 Å². The number of rotatable bonds is 6. The second kappa shape index (κ2) is 5.82. The maximum Gasteiger partial charge on any atom is 0.332 e. The zero-order valence-corrected chi connectivity index (χ0v) is 9.71. The van der Waals surface area contributed by atoms with Crippen molar-refractivity contribution in [2.24, 2.45) is 0 Å². The quantitative estimate of drug-likeness (QED) is 0.811. The molecule has 5 heteroatoms. The number of nitrogens with zero attached hydrogens (tertiary/aromatic N) is 1. The van der Waals surface area contributed by atoms with Crippen molar-refractivity contribution in [2.45, 2.75) is 39.4 Å². The normalized spacial score (nSPS) is 12.7. The third-order valence-corrected chi connectivity index (χ3v) is 2.85. The summed E-state index contributed by atoms with van der Waals surface area (Å²) >= 11 is 1.60. The van der Waals surface area contributed by atoms with Crippen LogP contribution in [0, 0.1) is 0 Å². The zero-order chi connectivity index (χ0) is 11.3. The summed E-state index contributed by atoms with van der Waals surface area (Å²) in [6.45, 7) is 3.89. The minimum Gasteiger partial charge on any atom is -0.479 e. The van der Waals surface area contributed by atoms with Crippen LogP contribution >= 0.6 is 11.3 Å². The molecule has 0 saturated heterocycles. The minimum absolute atomic E-state index is 0.272. The van der Waals surface area contributed by atoms with Gasteiger partial charge in [-0.15, -0.1) is 11.3 Å². The second-order valence-corrected chi connectivity index (χ2v) is 4.22. The van der Waals surface area contributed by atoms with E-state index in [0.717, 1.165) is 23.5 Å². The molecule has 4 nitrogen and oxygen atoms in total. The fraction of sp³-hybridized carbons (Fsp3) is 0.600. The number of carbonyl (C=O) groups is 1. The fourth-order valence-corrected chi connectivity index (χ4v) is 1.91. The van der Waals surface area contributed by atoms with Gasteiger partial charge in [-0.3, -0.25) is 0 Å². The van der Waals surface area contributed by atoms with Gasteiger partial charge in [-0.1, -0.05) is 6.92 Å². The molecule has 1 aromatic rings. The van der Waals surface area contributed by atoms with Crippen molar-refractivity contribution < 1.29 is 14.6 Å². The molecule has 0 spiro atoms. The van der Waals surface area contributed by atoms with E-state index < -0.39 is 12.1 Å². The monoisotopic (exact) mass is 229 g/mol. The first-order valence-electron chi connectivity index (χ1n) is 4.91. The lowest BCUT2D eigenvalue weighted by Crippen LogP contribution is -2.19. The molecule has 0 aliphatic carbocycles. The Morgan fingerprint density at radius 1 is 1.73 bits per heavy atom. The first-order chi connectivity index (χ1) is 7.13. The Morgan fingerprint density at radius 3 is 3.07 bits per heavy atom. The molecule has 0 saturated carbocycles. The molecule has 0 aliphatic heterocycles. The molecule has 0 unspecified atom stereocenters. The van der Waals surface area contributed by atoms with Crippen LogP contribution in [-0.2, 0) is 22.6 Å². The molecule has 1 aromatic heterocycles. The van der Waals surface area contributed by atoms with Crippen LogP contribution in [-0.4, -0.2) is 22.2 Å². The Morgan fingerprint density at radius 2 is 2.47 bits per heavy atom. The van der Waals surface area contributed by atoms with Gasteiger partial charge in [0.2, 0.25) is 0 Å². The standard InChI is InChI=1S/C10H15NO3S/c1-3-4-9-11-8(6-15-9)5-14-7(2)10(12)13/h6-7H,3-5H2,1-2H3,(H,12,13)/t7-/m1/s1. The molecule has 1 atom stereocenters. The summed E-state index contributed by atoms with van der Waals surface area (Å²) in [5.74, 6) is -0.945. The fourth-order valence-electron chi connectivity index (χ4n) is 1.03. The highest BCUT2D eigenvalue weighted by atomic mass is 32.1. The predicted molar refractivity (Wildman–Crippen MR) is 58.0 cm³/mol. The van der Waals surface area contributed by atoms with Crippen molar-refractivity contribution in [3.63, 3.8) is 0 Å². The van der Waals surface area contributed by atoms with E-state index in [2.05, 4.69) is 11.9 Å². The van der Waals surface area contributed by atoms with Crippen LogP contribution in [0.3, 0.4) is 0 Å². The first-order valence-corrected chi connectivity index (χ1v) is 5.79. The lowest BCUT2D eigenvalue weighted by molar-refractivity contribution is -0.149. The van der Waals surface area contributed by atoms with E-state index in [1.54, 1.807) is 11.3 Å². The highest BCUT2D eigenvalue weighted by molar-refractivity contribution is 7.09. The molecule has 0 bridgehead atoms. The summed E-state index contributed by atoms with van der Waals surface area (Å²) in [6, 6.07) is 0. The van der Waals surface area contributed by atoms with Gasteiger partial charge in [-0.25, -0.2) is 9.78 Å². The summed E-state index contributed by atoms with van der Waals surface area (Å²) in [7, 11) is 0. The molecule has 0 aromatic carbocycles. The molecular weight excluding hydrogens is 214 g/mol. The van der Waals surface area contributed by atoms with Crippen LogP contribution in [0.4, 0.5) is 0 Å². The van der Waals surface area contributed by atoms with Crippen molar-refractivity contribution in [1.82, 2.24) is 4.98 Å². The Labute approximate surface area is 92.9 Å². The van der Waals surface area contributed by atoms with E-state index in [1.807, 2.05) is 5.38 Å². The Balaban J connectivity index is 2.40. The average molecular weight is 229 g/mol. The van der Waals surface area contributed by atoms with Gasteiger partial charge in [0.25, 0.3) is 0 Å². The van der Waals surface area contributed by atoms with Crippen molar-refractivity contribution in [3.05, 3.63) is 16.1 Å². The summed E-state index contributed by atoms with van der Waals surface area (Å²) in [4.78, 5) is 14.8. The lowest BCUT2D eigenvalue weighted by Gasteiger charge is -2.05. The van der Waals surface area contributed by atoms with Gasteiger partial charge in [-0.05, 0) is 19.8 Å². The number of aromatic nitrogens is 1. The largest absolute Gasteiger partial charge is 0.479 e. The number of thiazole rings is 1. The maximum absolute atomic E-state index is 10.5. The Bertz CT molecular complexity index is 324. The minimum atomic E-state index is -0.945. The van der Waals surface area contributed by atoms with Crippen LogP contribution < -0.4 is 0 Å². The molecule has 1 N–H and O–H groups in total. The molecule has 0 amide bonds. The van der Waals surface area contributed by atoms with Crippen LogP contribution in [0.25, 0.3) is 0 Å². The third-order valence-electron chi connectivity index (χ3n) is 1.89. The number of hydrogen-bond acceptors (Lipinski definition) is 4. The highest BCUT2D eigenvalue weighted by Gasteiger charge is 2.11. The van der Waals surface area contributed by atoms with Gasteiger partial charge < -0.3 is 9.84 Å².